The molecule has 110 valence electrons. The van der Waals surface area contributed by atoms with Crippen molar-refractivity contribution in [2.24, 2.45) is 5.73 Å². The van der Waals surface area contributed by atoms with Gasteiger partial charge in [-0.3, -0.25) is 9.59 Å². The molecule has 0 radical (unpaired) electrons. The molecule has 0 saturated carbocycles. The summed E-state index contributed by atoms with van der Waals surface area (Å²) >= 11 is 0. The summed E-state index contributed by atoms with van der Waals surface area (Å²) in [7, 11) is 0. The summed E-state index contributed by atoms with van der Waals surface area (Å²) in [4.78, 5) is 23.3. The van der Waals surface area contributed by atoms with E-state index in [1.807, 2.05) is 45.0 Å². The lowest BCUT2D eigenvalue weighted by atomic mass is 10.1. The maximum Gasteiger partial charge on any atom is 0.241 e. The Bertz CT molecular complexity index is 455. The molecule has 0 aliphatic rings. The molecule has 1 aromatic rings. The molecule has 1 aromatic carbocycles. The predicted octanol–water partition coefficient (Wildman–Crippen LogP) is 1.03. The summed E-state index contributed by atoms with van der Waals surface area (Å²) < 4.78 is 0. The summed E-state index contributed by atoms with van der Waals surface area (Å²) in [5.41, 5.74) is 7.75. The van der Waals surface area contributed by atoms with E-state index in [4.69, 9.17) is 5.73 Å². The van der Waals surface area contributed by atoms with Crippen LogP contribution in [0.25, 0.3) is 0 Å². The van der Waals surface area contributed by atoms with Gasteiger partial charge in [0.25, 0.3) is 0 Å². The fourth-order valence-electron chi connectivity index (χ4n) is 1.73. The number of carbonyl (C=O) groups excluding carboxylic acids is 2. The Morgan fingerprint density at radius 1 is 1.20 bits per heavy atom. The van der Waals surface area contributed by atoms with Crippen molar-refractivity contribution < 1.29 is 9.59 Å². The van der Waals surface area contributed by atoms with Crippen LogP contribution in [-0.4, -0.2) is 24.4 Å². The third kappa shape index (κ3) is 5.40. The minimum Gasteiger partial charge on any atom is -0.354 e. The number of nitrogens with one attached hydrogen (secondary N) is 2. The summed E-state index contributed by atoms with van der Waals surface area (Å²) in [6.45, 7) is 6.05. The fraction of sp³-hybridized carbons (Fsp3) is 0.467. The number of aryl methyl sites for hydroxylation is 1. The molecule has 0 aliphatic heterocycles. The van der Waals surface area contributed by atoms with Crippen LogP contribution in [0.4, 0.5) is 0 Å². The second-order valence-corrected chi connectivity index (χ2v) is 5.15. The predicted molar refractivity (Wildman–Crippen MR) is 79.0 cm³/mol. The molecule has 2 amide bonds. The Hall–Kier alpha value is -1.88. The van der Waals surface area contributed by atoms with E-state index in [1.165, 1.54) is 0 Å². The maximum atomic E-state index is 11.9. The van der Waals surface area contributed by atoms with Gasteiger partial charge in [-0.2, -0.15) is 0 Å². The minimum absolute atomic E-state index is 0.0794. The van der Waals surface area contributed by atoms with Crippen LogP contribution >= 0.6 is 0 Å². The van der Waals surface area contributed by atoms with Crippen LogP contribution in [0.2, 0.25) is 0 Å². The molecule has 1 rings (SSSR count). The number of nitrogens with two attached hydrogens (primary N) is 1. The largest absolute Gasteiger partial charge is 0.354 e. The van der Waals surface area contributed by atoms with E-state index in [0.717, 1.165) is 11.1 Å². The Kier molecular flexibility index (Phi) is 6.18. The Labute approximate surface area is 119 Å². The highest BCUT2D eigenvalue weighted by atomic mass is 16.2. The van der Waals surface area contributed by atoms with Gasteiger partial charge in [-0.15, -0.1) is 0 Å². The molecule has 0 saturated heterocycles. The third-order valence-corrected chi connectivity index (χ3v) is 2.82. The number of rotatable bonds is 6. The molecule has 4 N–H and O–H groups in total. The standard InChI is InChI=1S/C15H23N3O2/c1-10(2)18-13(19)8-9-17-15(20)14(16)12-6-4-11(3)5-7-12/h4-7,10,14H,8-9,16H2,1-3H3,(H,17,20)(H,18,19). The van der Waals surface area contributed by atoms with Crippen molar-refractivity contribution >= 4 is 11.8 Å². The van der Waals surface area contributed by atoms with Gasteiger partial charge >= 0.3 is 0 Å². The normalized spacial score (nSPS) is 12.1. The zero-order valence-corrected chi connectivity index (χ0v) is 12.3. The van der Waals surface area contributed by atoms with Gasteiger partial charge in [0.05, 0.1) is 0 Å². The van der Waals surface area contributed by atoms with E-state index in [0.29, 0.717) is 0 Å². The highest BCUT2D eigenvalue weighted by Gasteiger charge is 2.15. The van der Waals surface area contributed by atoms with E-state index in [2.05, 4.69) is 10.6 Å². The van der Waals surface area contributed by atoms with Crippen molar-refractivity contribution in [3.8, 4) is 0 Å². The smallest absolute Gasteiger partial charge is 0.241 e. The number of hydrogen-bond donors (Lipinski definition) is 3. The van der Waals surface area contributed by atoms with E-state index < -0.39 is 6.04 Å². The van der Waals surface area contributed by atoms with Crippen LogP contribution in [0.5, 0.6) is 0 Å². The molecule has 5 heteroatoms. The highest BCUT2D eigenvalue weighted by Crippen LogP contribution is 2.11. The average Bonchev–Trinajstić information content (AvgIpc) is 2.37. The van der Waals surface area contributed by atoms with E-state index in [9.17, 15) is 9.59 Å². The molecule has 0 spiro atoms. The van der Waals surface area contributed by atoms with Gasteiger partial charge in [-0.05, 0) is 26.3 Å². The van der Waals surface area contributed by atoms with Crippen molar-refractivity contribution in [3.63, 3.8) is 0 Å². The van der Waals surface area contributed by atoms with Gasteiger partial charge in [-0.1, -0.05) is 29.8 Å². The lowest BCUT2D eigenvalue weighted by Gasteiger charge is -2.13. The first-order valence-corrected chi connectivity index (χ1v) is 6.79. The van der Waals surface area contributed by atoms with E-state index >= 15 is 0 Å². The molecular formula is C15H23N3O2. The third-order valence-electron chi connectivity index (χ3n) is 2.82. The first-order valence-electron chi connectivity index (χ1n) is 6.79. The summed E-state index contributed by atoms with van der Waals surface area (Å²) in [5, 5.41) is 5.44. The SMILES string of the molecule is Cc1ccc(C(N)C(=O)NCCC(=O)NC(C)C)cc1. The zero-order chi connectivity index (χ0) is 15.1. The van der Waals surface area contributed by atoms with Crippen LogP contribution in [0.1, 0.15) is 37.4 Å². The Morgan fingerprint density at radius 3 is 2.35 bits per heavy atom. The number of hydrogen-bond acceptors (Lipinski definition) is 3. The molecule has 0 aromatic heterocycles. The van der Waals surface area contributed by atoms with Crippen LogP contribution < -0.4 is 16.4 Å². The molecule has 0 heterocycles. The molecule has 1 atom stereocenters. The van der Waals surface area contributed by atoms with Gasteiger partial charge < -0.3 is 16.4 Å². The monoisotopic (exact) mass is 277 g/mol. The van der Waals surface area contributed by atoms with Crippen molar-refractivity contribution in [2.75, 3.05) is 6.54 Å². The van der Waals surface area contributed by atoms with Crippen LogP contribution in [0, 0.1) is 6.92 Å². The van der Waals surface area contributed by atoms with E-state index in [1.54, 1.807) is 0 Å². The molecule has 20 heavy (non-hydrogen) atoms. The number of amides is 2. The molecule has 0 aliphatic carbocycles. The molecule has 0 fully saturated rings. The molecule has 5 nitrogen and oxygen atoms in total. The first kappa shape index (κ1) is 16.2. The molecule has 0 bridgehead atoms. The second-order valence-electron chi connectivity index (χ2n) is 5.15. The maximum absolute atomic E-state index is 11.9. The lowest BCUT2D eigenvalue weighted by molar-refractivity contribution is -0.123. The lowest BCUT2D eigenvalue weighted by Crippen LogP contribution is -2.37. The van der Waals surface area contributed by atoms with Gasteiger partial charge in [0, 0.05) is 19.0 Å². The topological polar surface area (TPSA) is 84.2 Å². The molecular weight excluding hydrogens is 254 g/mol. The van der Waals surface area contributed by atoms with Crippen LogP contribution in [-0.2, 0) is 9.59 Å². The van der Waals surface area contributed by atoms with E-state index in [-0.39, 0.29) is 30.8 Å². The van der Waals surface area contributed by atoms with Crippen molar-refractivity contribution in [1.29, 1.82) is 0 Å². The van der Waals surface area contributed by atoms with Crippen LogP contribution in [0.3, 0.4) is 0 Å². The van der Waals surface area contributed by atoms with Crippen molar-refractivity contribution in [2.45, 2.75) is 39.3 Å². The molecule has 1 unspecified atom stereocenters. The van der Waals surface area contributed by atoms with Gasteiger partial charge in [-0.25, -0.2) is 0 Å². The zero-order valence-electron chi connectivity index (χ0n) is 12.3. The van der Waals surface area contributed by atoms with Crippen molar-refractivity contribution in [1.82, 2.24) is 10.6 Å². The highest BCUT2D eigenvalue weighted by molar-refractivity contribution is 5.83. The Balaban J connectivity index is 2.39. The Morgan fingerprint density at radius 2 is 1.80 bits per heavy atom. The van der Waals surface area contributed by atoms with Gasteiger partial charge in [0.2, 0.25) is 11.8 Å². The average molecular weight is 277 g/mol. The minimum atomic E-state index is -0.705. The summed E-state index contributed by atoms with van der Waals surface area (Å²) in [6.07, 6.45) is 0.255. The van der Waals surface area contributed by atoms with Crippen molar-refractivity contribution in [3.05, 3.63) is 35.4 Å². The number of carbonyl (C=O) groups is 2. The summed E-state index contributed by atoms with van der Waals surface area (Å²) in [5.74, 6) is -0.351. The van der Waals surface area contributed by atoms with Gasteiger partial charge in [0.15, 0.2) is 0 Å². The fourth-order valence-corrected chi connectivity index (χ4v) is 1.73. The quantitative estimate of drug-likeness (QED) is 0.726. The second kappa shape index (κ2) is 7.65. The summed E-state index contributed by atoms with van der Waals surface area (Å²) in [6, 6.07) is 6.91. The van der Waals surface area contributed by atoms with Gasteiger partial charge in [0.1, 0.15) is 6.04 Å². The number of benzene rings is 1. The van der Waals surface area contributed by atoms with Crippen LogP contribution in [0.15, 0.2) is 24.3 Å². The first-order chi connectivity index (χ1) is 9.40.